The molecule has 1 rings (SSSR count). The molecule has 1 heterocycles. The second-order valence-electron chi connectivity index (χ2n) is 5.68. The lowest BCUT2D eigenvalue weighted by Gasteiger charge is -2.27. The molecule has 0 aromatic heterocycles. The van der Waals surface area contributed by atoms with Crippen molar-refractivity contribution < 1.29 is 52.4 Å². The Morgan fingerprint density at radius 1 is 0.741 bits per heavy atom. The van der Waals surface area contributed by atoms with E-state index in [0.29, 0.717) is 0 Å². The molecule has 1 aliphatic rings. The van der Waals surface area contributed by atoms with Gasteiger partial charge in [0.15, 0.2) is 12.2 Å². The van der Waals surface area contributed by atoms with Crippen molar-refractivity contribution in [3.63, 3.8) is 0 Å². The van der Waals surface area contributed by atoms with Crippen LogP contribution in [0.4, 0.5) is 0 Å². The molecule has 0 aromatic carbocycles. The molecule has 0 aromatic rings. The summed E-state index contributed by atoms with van der Waals surface area (Å²) in [6, 6.07) is 0. The van der Waals surface area contributed by atoms with E-state index < -0.39 is 67.2 Å². The van der Waals surface area contributed by atoms with Gasteiger partial charge in [-0.25, -0.2) is 0 Å². The van der Waals surface area contributed by atoms with Gasteiger partial charge in [-0.05, 0) is 0 Å². The summed E-state index contributed by atoms with van der Waals surface area (Å²) in [5, 5.41) is 0. The lowest BCUT2D eigenvalue weighted by Crippen LogP contribution is -2.46. The molecule has 0 spiro atoms. The quantitative estimate of drug-likeness (QED) is 0.415. The molecule has 0 bridgehead atoms. The normalized spacial score (nSPS) is 25.1. The van der Waals surface area contributed by atoms with Gasteiger partial charge in [0.25, 0.3) is 0 Å². The highest BCUT2D eigenvalue weighted by molar-refractivity contribution is 5.69. The van der Waals surface area contributed by atoms with Crippen LogP contribution in [0.5, 0.6) is 0 Å². The SMILES string of the molecule is CC(=O)OCC(OC(C)=O)[C@H]1OC(OC(C)=O)[C@H](OC(C)=O)[C@H]1OC(C)=O. The van der Waals surface area contributed by atoms with Gasteiger partial charge < -0.3 is 28.4 Å². The fourth-order valence-corrected chi connectivity index (χ4v) is 2.46. The molecule has 0 amide bonds. The molecule has 1 aliphatic heterocycles. The number of esters is 5. The van der Waals surface area contributed by atoms with Gasteiger partial charge in [0.05, 0.1) is 0 Å². The standard InChI is InChI=1S/C16H22O11/c1-7(17)22-6-12(23-8(2)18)13-14(24-9(3)19)15(25-10(4)20)16(27-13)26-11(5)21/h12-16H,6H2,1-5H3/t12?,13-,14+,15-,16?/m1/s1. The predicted molar refractivity (Wildman–Crippen MR) is 83.7 cm³/mol. The van der Waals surface area contributed by atoms with E-state index in [2.05, 4.69) is 0 Å². The first kappa shape index (κ1) is 22.4. The van der Waals surface area contributed by atoms with Gasteiger partial charge >= 0.3 is 29.8 Å². The van der Waals surface area contributed by atoms with Crippen LogP contribution in [0, 0.1) is 0 Å². The average molecular weight is 390 g/mol. The van der Waals surface area contributed by atoms with Gasteiger partial charge in [0, 0.05) is 34.6 Å². The van der Waals surface area contributed by atoms with Crippen molar-refractivity contribution in [2.45, 2.75) is 65.3 Å². The second kappa shape index (κ2) is 9.86. The fraction of sp³-hybridized carbons (Fsp3) is 0.688. The van der Waals surface area contributed by atoms with Gasteiger partial charge in [0.1, 0.15) is 12.7 Å². The van der Waals surface area contributed by atoms with Crippen LogP contribution < -0.4 is 0 Å². The first-order chi connectivity index (χ1) is 12.5. The molecule has 0 aliphatic carbocycles. The van der Waals surface area contributed by atoms with Crippen molar-refractivity contribution in [1.82, 2.24) is 0 Å². The zero-order chi connectivity index (χ0) is 20.7. The van der Waals surface area contributed by atoms with E-state index in [4.69, 9.17) is 28.4 Å². The van der Waals surface area contributed by atoms with Crippen molar-refractivity contribution in [2.75, 3.05) is 6.61 Å². The minimum Gasteiger partial charge on any atom is -0.462 e. The molecule has 0 N–H and O–H groups in total. The van der Waals surface area contributed by atoms with Crippen LogP contribution >= 0.6 is 0 Å². The molecule has 2 unspecified atom stereocenters. The van der Waals surface area contributed by atoms with Crippen molar-refractivity contribution in [3.05, 3.63) is 0 Å². The van der Waals surface area contributed by atoms with E-state index >= 15 is 0 Å². The van der Waals surface area contributed by atoms with Gasteiger partial charge in [-0.1, -0.05) is 0 Å². The molecule has 0 radical (unpaired) electrons. The van der Waals surface area contributed by atoms with E-state index in [-0.39, 0.29) is 0 Å². The molecule has 11 nitrogen and oxygen atoms in total. The molecule has 5 atom stereocenters. The largest absolute Gasteiger partial charge is 0.462 e. The van der Waals surface area contributed by atoms with Crippen LogP contribution in [0.1, 0.15) is 34.6 Å². The van der Waals surface area contributed by atoms with Crippen LogP contribution in [-0.2, 0) is 52.4 Å². The summed E-state index contributed by atoms with van der Waals surface area (Å²) in [7, 11) is 0. The lowest BCUT2D eigenvalue weighted by molar-refractivity contribution is -0.203. The highest BCUT2D eigenvalue weighted by Crippen LogP contribution is 2.31. The summed E-state index contributed by atoms with van der Waals surface area (Å²) in [5.74, 6) is -3.62. The van der Waals surface area contributed by atoms with E-state index in [1.54, 1.807) is 0 Å². The summed E-state index contributed by atoms with van der Waals surface area (Å²) < 4.78 is 30.7. The van der Waals surface area contributed by atoms with Crippen LogP contribution in [0.25, 0.3) is 0 Å². The molecule has 152 valence electrons. The maximum atomic E-state index is 11.5. The molecular formula is C16H22O11. The number of ether oxygens (including phenoxy) is 6. The Hall–Kier alpha value is -2.69. The zero-order valence-corrected chi connectivity index (χ0v) is 15.6. The predicted octanol–water partition coefficient (Wildman–Crippen LogP) is -0.367. The number of hydrogen-bond donors (Lipinski definition) is 0. The van der Waals surface area contributed by atoms with Gasteiger partial charge in [0.2, 0.25) is 12.4 Å². The van der Waals surface area contributed by atoms with Gasteiger partial charge in [-0.3, -0.25) is 24.0 Å². The Balaban J connectivity index is 3.20. The summed E-state index contributed by atoms with van der Waals surface area (Å²) in [6.45, 7) is 5.15. The van der Waals surface area contributed by atoms with Crippen LogP contribution in [0.2, 0.25) is 0 Å². The minimum atomic E-state index is -1.42. The number of carbonyl (C=O) groups excluding carboxylic acids is 5. The van der Waals surface area contributed by atoms with Crippen molar-refractivity contribution >= 4 is 29.8 Å². The molecule has 1 fully saturated rings. The van der Waals surface area contributed by atoms with Crippen molar-refractivity contribution in [2.24, 2.45) is 0 Å². The van der Waals surface area contributed by atoms with Gasteiger partial charge in [-0.2, -0.15) is 0 Å². The Morgan fingerprint density at radius 3 is 1.70 bits per heavy atom. The maximum Gasteiger partial charge on any atom is 0.305 e. The highest BCUT2D eigenvalue weighted by Gasteiger charge is 2.55. The summed E-state index contributed by atoms with van der Waals surface area (Å²) in [4.78, 5) is 56.7. The Labute approximate surface area is 155 Å². The Kier molecular flexibility index (Phi) is 8.16. The first-order valence-electron chi connectivity index (χ1n) is 7.99. The third-order valence-corrected chi connectivity index (χ3v) is 3.23. The summed E-state index contributed by atoms with van der Waals surface area (Å²) in [6.07, 6.45) is -6.46. The second-order valence-corrected chi connectivity index (χ2v) is 5.68. The monoisotopic (exact) mass is 390 g/mol. The third-order valence-electron chi connectivity index (χ3n) is 3.23. The number of carbonyl (C=O) groups is 5. The van der Waals surface area contributed by atoms with E-state index in [0.717, 1.165) is 34.6 Å². The van der Waals surface area contributed by atoms with Crippen LogP contribution in [-0.4, -0.2) is 67.2 Å². The number of hydrogen-bond acceptors (Lipinski definition) is 11. The maximum absolute atomic E-state index is 11.5. The highest BCUT2D eigenvalue weighted by atomic mass is 16.8. The van der Waals surface area contributed by atoms with Crippen LogP contribution in [0.15, 0.2) is 0 Å². The minimum absolute atomic E-state index is 0.420. The summed E-state index contributed by atoms with van der Waals surface area (Å²) in [5.41, 5.74) is 0. The topological polar surface area (TPSA) is 141 Å². The molecule has 0 saturated carbocycles. The fourth-order valence-electron chi connectivity index (χ4n) is 2.46. The smallest absolute Gasteiger partial charge is 0.305 e. The van der Waals surface area contributed by atoms with Crippen LogP contribution in [0.3, 0.4) is 0 Å². The van der Waals surface area contributed by atoms with E-state index in [1.165, 1.54) is 0 Å². The average Bonchev–Trinajstić information content (AvgIpc) is 2.79. The molecule has 27 heavy (non-hydrogen) atoms. The first-order valence-corrected chi connectivity index (χ1v) is 7.99. The molecule has 1 saturated heterocycles. The van der Waals surface area contributed by atoms with Crippen molar-refractivity contribution in [3.8, 4) is 0 Å². The molecular weight excluding hydrogens is 368 g/mol. The zero-order valence-electron chi connectivity index (χ0n) is 15.6. The number of rotatable bonds is 7. The third kappa shape index (κ3) is 7.21. The van der Waals surface area contributed by atoms with E-state index in [9.17, 15) is 24.0 Å². The Bertz CT molecular complexity index is 599. The molecule has 11 heteroatoms. The Morgan fingerprint density at radius 2 is 1.26 bits per heavy atom. The van der Waals surface area contributed by atoms with Gasteiger partial charge in [-0.15, -0.1) is 0 Å². The van der Waals surface area contributed by atoms with E-state index in [1.807, 2.05) is 0 Å². The summed E-state index contributed by atoms with van der Waals surface area (Å²) >= 11 is 0. The lowest BCUT2D eigenvalue weighted by atomic mass is 10.1. The van der Waals surface area contributed by atoms with Crippen molar-refractivity contribution in [1.29, 1.82) is 0 Å².